The number of carbonyl (C=O) groups excluding carboxylic acids is 1. The molecule has 18 heavy (non-hydrogen) atoms. The Morgan fingerprint density at radius 2 is 1.94 bits per heavy atom. The maximum atomic E-state index is 10.6. The van der Waals surface area contributed by atoms with Gasteiger partial charge in [0.1, 0.15) is 0 Å². The van der Waals surface area contributed by atoms with E-state index in [2.05, 4.69) is 15.3 Å². The molecule has 0 unspecified atom stereocenters. The fourth-order valence-corrected chi connectivity index (χ4v) is 0.710. The van der Waals surface area contributed by atoms with E-state index in [9.17, 15) is 9.59 Å². The fourth-order valence-electron chi connectivity index (χ4n) is 0.710. The Balaban J connectivity index is 0.000000397. The van der Waals surface area contributed by atoms with Crippen molar-refractivity contribution in [1.82, 2.24) is 10.5 Å². The van der Waals surface area contributed by atoms with E-state index in [4.69, 9.17) is 5.11 Å². The summed E-state index contributed by atoms with van der Waals surface area (Å²) >= 11 is 0. The molecular formula is C12H16N2O4. The third-order valence-electron chi connectivity index (χ3n) is 1.45. The molecule has 0 saturated carbocycles. The van der Waals surface area contributed by atoms with E-state index in [-0.39, 0.29) is 0 Å². The van der Waals surface area contributed by atoms with E-state index in [0.717, 1.165) is 18.6 Å². The molecular weight excluding hydrogens is 236 g/mol. The van der Waals surface area contributed by atoms with Gasteiger partial charge in [0.15, 0.2) is 0 Å². The highest BCUT2D eigenvalue weighted by Gasteiger charge is 1.96. The number of nitrogens with zero attached hydrogens (tertiary/aromatic N) is 1. The highest BCUT2D eigenvalue weighted by atomic mass is 16.7. The van der Waals surface area contributed by atoms with E-state index < -0.39 is 11.9 Å². The van der Waals surface area contributed by atoms with Crippen molar-refractivity contribution in [1.29, 1.82) is 0 Å². The number of hydrogen-bond acceptors (Lipinski definition) is 5. The van der Waals surface area contributed by atoms with Gasteiger partial charge in [-0.15, -0.1) is 0 Å². The molecule has 0 saturated heterocycles. The number of nitrogens with one attached hydrogen (secondary N) is 1. The van der Waals surface area contributed by atoms with Crippen molar-refractivity contribution < 1.29 is 19.5 Å². The van der Waals surface area contributed by atoms with E-state index in [1.165, 1.54) is 0 Å². The monoisotopic (exact) mass is 252 g/mol. The number of pyridine rings is 1. The molecule has 6 heteroatoms. The van der Waals surface area contributed by atoms with Crippen LogP contribution in [0.2, 0.25) is 0 Å². The average molecular weight is 252 g/mol. The number of carboxylic acid groups (broad SMARTS) is 1. The first-order chi connectivity index (χ1) is 8.66. The lowest BCUT2D eigenvalue weighted by Crippen LogP contribution is -2.19. The minimum absolute atomic E-state index is 0.548. The Bertz CT molecular complexity index is 339. The summed E-state index contributed by atoms with van der Waals surface area (Å²) in [5.74, 6) is -1.90. The van der Waals surface area contributed by atoms with Crippen LogP contribution in [0.5, 0.6) is 0 Å². The Kier molecular flexibility index (Phi) is 9.90. The van der Waals surface area contributed by atoms with Crippen molar-refractivity contribution in [2.75, 3.05) is 6.54 Å². The third kappa shape index (κ3) is 11.9. The van der Waals surface area contributed by atoms with Crippen LogP contribution < -0.4 is 5.48 Å². The lowest BCUT2D eigenvalue weighted by atomic mass is 10.5. The van der Waals surface area contributed by atoms with Crippen molar-refractivity contribution in [3.8, 4) is 0 Å². The normalized spacial score (nSPS) is 9.39. The minimum Gasteiger partial charge on any atom is -0.478 e. The van der Waals surface area contributed by atoms with Crippen LogP contribution in [0, 0.1) is 0 Å². The summed E-state index contributed by atoms with van der Waals surface area (Å²) in [6, 6.07) is 5.72. The first-order valence-corrected chi connectivity index (χ1v) is 5.36. The molecule has 0 aliphatic heterocycles. The highest BCUT2D eigenvalue weighted by molar-refractivity contribution is 5.90. The van der Waals surface area contributed by atoms with Gasteiger partial charge in [0.25, 0.3) is 0 Å². The second-order valence-electron chi connectivity index (χ2n) is 3.01. The molecule has 6 nitrogen and oxygen atoms in total. The zero-order valence-electron chi connectivity index (χ0n) is 10.1. The van der Waals surface area contributed by atoms with Crippen molar-refractivity contribution in [2.45, 2.75) is 13.3 Å². The maximum Gasteiger partial charge on any atom is 0.349 e. The van der Waals surface area contributed by atoms with Gasteiger partial charge >= 0.3 is 11.9 Å². The molecule has 0 atom stereocenters. The first kappa shape index (κ1) is 15.8. The van der Waals surface area contributed by atoms with Gasteiger partial charge in [-0.1, -0.05) is 13.0 Å². The molecule has 0 amide bonds. The van der Waals surface area contributed by atoms with Crippen LogP contribution in [0.25, 0.3) is 0 Å². The molecule has 0 aliphatic rings. The largest absolute Gasteiger partial charge is 0.478 e. The van der Waals surface area contributed by atoms with Crippen molar-refractivity contribution >= 4 is 11.9 Å². The van der Waals surface area contributed by atoms with Gasteiger partial charge in [-0.05, 0) is 18.6 Å². The van der Waals surface area contributed by atoms with Crippen LogP contribution in [0.3, 0.4) is 0 Å². The van der Waals surface area contributed by atoms with Gasteiger partial charge < -0.3 is 9.94 Å². The van der Waals surface area contributed by atoms with Gasteiger partial charge in [-0.25, -0.2) is 9.59 Å². The molecule has 1 rings (SSSR count). The second-order valence-corrected chi connectivity index (χ2v) is 3.01. The van der Waals surface area contributed by atoms with Crippen LogP contribution in [-0.4, -0.2) is 28.6 Å². The van der Waals surface area contributed by atoms with E-state index in [1.54, 1.807) is 12.4 Å². The summed E-state index contributed by atoms with van der Waals surface area (Å²) in [6.07, 6.45) is 5.89. The summed E-state index contributed by atoms with van der Waals surface area (Å²) in [5, 5.41) is 8.12. The van der Waals surface area contributed by atoms with Gasteiger partial charge in [0.05, 0.1) is 0 Å². The quantitative estimate of drug-likeness (QED) is 0.464. The summed E-state index contributed by atoms with van der Waals surface area (Å²) in [4.78, 5) is 28.7. The summed E-state index contributed by atoms with van der Waals surface area (Å²) in [5.41, 5.74) is 2.36. The molecule has 0 spiro atoms. The predicted molar refractivity (Wildman–Crippen MR) is 65.4 cm³/mol. The highest BCUT2D eigenvalue weighted by Crippen LogP contribution is 1.79. The SMILES string of the molecule is CCCNOC(=O)/C=C\C(=O)O.c1ccncc1. The third-order valence-corrected chi connectivity index (χ3v) is 1.45. The zero-order chi connectivity index (χ0) is 13.6. The van der Waals surface area contributed by atoms with Crippen molar-refractivity contribution in [3.63, 3.8) is 0 Å². The Morgan fingerprint density at radius 3 is 2.33 bits per heavy atom. The number of aliphatic carboxylic acids is 1. The number of rotatable bonds is 5. The van der Waals surface area contributed by atoms with Crippen LogP contribution >= 0.6 is 0 Å². The fraction of sp³-hybridized carbons (Fsp3) is 0.250. The Labute approximate surface area is 105 Å². The molecule has 0 aliphatic carbocycles. The second kappa shape index (κ2) is 11.3. The first-order valence-electron chi connectivity index (χ1n) is 5.36. The lowest BCUT2D eigenvalue weighted by molar-refractivity contribution is -0.145. The summed E-state index contributed by atoms with van der Waals surface area (Å²) in [7, 11) is 0. The Hall–Kier alpha value is -2.21. The molecule has 1 aromatic heterocycles. The summed E-state index contributed by atoms with van der Waals surface area (Å²) < 4.78 is 0. The standard InChI is InChI=1S/C7H11NO4.C5H5N/c1-2-5-8-12-7(11)4-3-6(9)10;1-2-4-6-5-3-1/h3-4,8H,2,5H2,1H3,(H,9,10);1-5H/b4-3-;. The maximum absolute atomic E-state index is 10.6. The molecule has 0 fully saturated rings. The van der Waals surface area contributed by atoms with Crippen LogP contribution in [0.1, 0.15) is 13.3 Å². The number of hydrogen-bond donors (Lipinski definition) is 2. The minimum atomic E-state index is -1.18. The van der Waals surface area contributed by atoms with Gasteiger partial charge in [0.2, 0.25) is 0 Å². The van der Waals surface area contributed by atoms with E-state index in [1.807, 2.05) is 25.1 Å². The van der Waals surface area contributed by atoms with E-state index >= 15 is 0 Å². The van der Waals surface area contributed by atoms with Gasteiger partial charge in [0, 0.05) is 31.1 Å². The molecule has 1 heterocycles. The van der Waals surface area contributed by atoms with Crippen LogP contribution in [-0.2, 0) is 14.4 Å². The number of carbonyl (C=O) groups is 2. The zero-order valence-corrected chi connectivity index (χ0v) is 10.1. The smallest absolute Gasteiger partial charge is 0.349 e. The van der Waals surface area contributed by atoms with Crippen LogP contribution in [0.4, 0.5) is 0 Å². The van der Waals surface area contributed by atoms with Gasteiger partial charge in [-0.3, -0.25) is 4.98 Å². The molecule has 98 valence electrons. The molecule has 0 aromatic carbocycles. The Morgan fingerprint density at radius 1 is 1.28 bits per heavy atom. The van der Waals surface area contributed by atoms with Crippen molar-refractivity contribution in [2.24, 2.45) is 0 Å². The molecule has 0 bridgehead atoms. The molecule has 1 aromatic rings. The van der Waals surface area contributed by atoms with Crippen molar-refractivity contribution in [3.05, 3.63) is 42.7 Å². The lowest BCUT2D eigenvalue weighted by Gasteiger charge is -1.99. The number of hydroxylamine groups is 1. The molecule has 2 N–H and O–H groups in total. The predicted octanol–water partition coefficient (Wildman–Crippen LogP) is 1.17. The van der Waals surface area contributed by atoms with Gasteiger partial charge in [-0.2, -0.15) is 5.48 Å². The summed E-state index contributed by atoms with van der Waals surface area (Å²) in [6.45, 7) is 2.46. The van der Waals surface area contributed by atoms with Crippen LogP contribution in [0.15, 0.2) is 42.7 Å². The topological polar surface area (TPSA) is 88.5 Å². The van der Waals surface area contributed by atoms with E-state index in [0.29, 0.717) is 6.54 Å². The number of aromatic nitrogens is 1. The number of carboxylic acids is 1. The average Bonchev–Trinajstić information content (AvgIpc) is 2.39. The molecule has 0 radical (unpaired) electrons.